The number of halogens is 1. The standard InChI is InChI=1S/C42H48ClN9O6/c1-48-25-37(45-23-36(48)46-39(54)27-2-6-30(7-3-27)58-31-8-4-28(22-44)34(43)21-31)51-14-12-26(13-15-51)24-49-16-18-50(19-17-49)29-5-9-32-33(20-29)42(57)52(41(32)56)35-10-11-38(53)47-40(35)55/h4-5,8-9,20-21,23,26-27,30,35H,2-3,6-7,10-19,24-25H2,1H3,(H,46,54)(H,47,53,55). The second-order valence-corrected chi connectivity index (χ2v) is 16.6. The van der Waals surface area contributed by atoms with Gasteiger partial charge in [-0.1, -0.05) is 11.6 Å². The molecule has 1 atom stereocenters. The van der Waals surface area contributed by atoms with Gasteiger partial charge in [0, 0.05) is 77.0 Å². The van der Waals surface area contributed by atoms with Gasteiger partial charge in [0.2, 0.25) is 17.7 Å². The van der Waals surface area contributed by atoms with Crippen LogP contribution in [0.5, 0.6) is 5.75 Å². The van der Waals surface area contributed by atoms with Crippen molar-refractivity contribution in [3.8, 4) is 11.8 Å². The van der Waals surface area contributed by atoms with Crippen molar-refractivity contribution in [1.82, 2.24) is 30.2 Å². The van der Waals surface area contributed by atoms with Crippen LogP contribution in [0.1, 0.15) is 77.6 Å². The number of likely N-dealkylation sites (tertiary alicyclic amines) is 1. The highest BCUT2D eigenvalue weighted by Gasteiger charge is 2.45. The molecule has 2 aromatic carbocycles. The van der Waals surface area contributed by atoms with Crippen molar-refractivity contribution in [1.29, 1.82) is 5.26 Å². The van der Waals surface area contributed by atoms with Crippen LogP contribution in [-0.2, 0) is 14.4 Å². The molecule has 58 heavy (non-hydrogen) atoms. The number of amides is 5. The Balaban J connectivity index is 0.762. The minimum absolute atomic E-state index is 0.000299. The van der Waals surface area contributed by atoms with Crippen molar-refractivity contribution in [3.05, 3.63) is 70.1 Å². The quantitative estimate of drug-likeness (QED) is 0.375. The molecule has 5 amide bonds. The summed E-state index contributed by atoms with van der Waals surface area (Å²) in [5, 5.41) is 14.8. The second kappa shape index (κ2) is 16.8. The van der Waals surface area contributed by atoms with Gasteiger partial charge in [-0.2, -0.15) is 5.26 Å². The SMILES string of the molecule is CN1CC(N2CCC(CN3CCN(c4ccc5c(c4)C(=O)N(C4CCC(=O)NC4=O)C5=O)CC3)CC2)=NC=C1NC(=O)C1CCC(Oc2ccc(C#N)c(Cl)c2)CC1. The summed E-state index contributed by atoms with van der Waals surface area (Å²) in [6.45, 7) is 6.92. The summed E-state index contributed by atoms with van der Waals surface area (Å²) in [5.41, 5.74) is 1.90. The predicted molar refractivity (Wildman–Crippen MR) is 215 cm³/mol. The number of rotatable bonds is 8. The number of anilines is 1. The van der Waals surface area contributed by atoms with E-state index in [1.165, 1.54) is 0 Å². The van der Waals surface area contributed by atoms with E-state index in [1.54, 1.807) is 36.5 Å². The molecule has 2 aromatic rings. The van der Waals surface area contributed by atoms with Gasteiger partial charge >= 0.3 is 0 Å². The van der Waals surface area contributed by atoms with Crippen LogP contribution in [-0.4, -0.2) is 127 Å². The first-order valence-electron chi connectivity index (χ1n) is 20.3. The molecular weight excluding hydrogens is 762 g/mol. The summed E-state index contributed by atoms with van der Waals surface area (Å²) < 4.78 is 6.10. The number of benzene rings is 2. The Labute approximate surface area is 342 Å². The monoisotopic (exact) mass is 809 g/mol. The number of hydrogen-bond donors (Lipinski definition) is 2. The molecular formula is C42H48ClN9O6. The number of aliphatic imine (C=N–C) groups is 1. The van der Waals surface area contributed by atoms with Crippen LogP contribution in [0.25, 0.3) is 0 Å². The Bertz CT molecular complexity index is 2090. The number of imide groups is 2. The molecule has 0 spiro atoms. The van der Waals surface area contributed by atoms with Crippen molar-refractivity contribution < 1.29 is 28.7 Å². The van der Waals surface area contributed by atoms with Gasteiger partial charge in [0.15, 0.2) is 0 Å². The minimum atomic E-state index is -0.973. The molecule has 2 N–H and O–H groups in total. The molecule has 1 aliphatic carbocycles. The summed E-state index contributed by atoms with van der Waals surface area (Å²) in [5.74, 6) is 0.886. The second-order valence-electron chi connectivity index (χ2n) is 16.1. The normalized spacial score (nSPS) is 24.5. The molecule has 6 aliphatic rings. The third-order valence-electron chi connectivity index (χ3n) is 12.4. The van der Waals surface area contributed by atoms with Crippen LogP contribution in [0.2, 0.25) is 5.02 Å². The molecule has 0 aromatic heterocycles. The number of nitrogens with one attached hydrogen (secondary N) is 2. The molecule has 304 valence electrons. The van der Waals surface area contributed by atoms with E-state index in [1.807, 2.05) is 13.1 Å². The number of amidine groups is 1. The first-order chi connectivity index (χ1) is 28.0. The summed E-state index contributed by atoms with van der Waals surface area (Å²) >= 11 is 6.16. The van der Waals surface area contributed by atoms with Crippen LogP contribution in [0.15, 0.2) is 53.4 Å². The van der Waals surface area contributed by atoms with E-state index in [0.717, 1.165) is 101 Å². The van der Waals surface area contributed by atoms with Crippen molar-refractivity contribution in [3.63, 3.8) is 0 Å². The summed E-state index contributed by atoms with van der Waals surface area (Å²) in [4.78, 5) is 78.7. The number of piperidine rings is 2. The minimum Gasteiger partial charge on any atom is -0.490 e. The van der Waals surface area contributed by atoms with Gasteiger partial charge in [-0.3, -0.25) is 39.1 Å². The maximum Gasteiger partial charge on any atom is 0.262 e. The molecule has 16 heteroatoms. The van der Waals surface area contributed by atoms with E-state index < -0.39 is 29.7 Å². The van der Waals surface area contributed by atoms with Crippen LogP contribution in [0.3, 0.4) is 0 Å². The largest absolute Gasteiger partial charge is 0.490 e. The van der Waals surface area contributed by atoms with Gasteiger partial charge in [-0.05, 0) is 81.2 Å². The highest BCUT2D eigenvalue weighted by Crippen LogP contribution is 2.33. The molecule has 8 rings (SSSR count). The molecule has 3 saturated heterocycles. The molecule has 5 aliphatic heterocycles. The summed E-state index contributed by atoms with van der Waals surface area (Å²) in [6.07, 6.45) is 7.13. The lowest BCUT2D eigenvalue weighted by Crippen LogP contribution is -2.54. The van der Waals surface area contributed by atoms with Crippen LogP contribution < -0.4 is 20.3 Å². The number of likely N-dealkylation sites (N-methyl/N-ethyl adjacent to an activating group) is 1. The maximum absolute atomic E-state index is 13.3. The Hall–Kier alpha value is -5.46. The van der Waals surface area contributed by atoms with Crippen LogP contribution in [0, 0.1) is 23.2 Å². The van der Waals surface area contributed by atoms with Gasteiger partial charge in [0.1, 0.15) is 29.5 Å². The first-order valence-corrected chi connectivity index (χ1v) is 20.7. The van der Waals surface area contributed by atoms with Crippen molar-refractivity contribution in [2.45, 2.75) is 63.5 Å². The third-order valence-corrected chi connectivity index (χ3v) is 12.8. The Morgan fingerprint density at radius 1 is 0.914 bits per heavy atom. The zero-order chi connectivity index (χ0) is 40.5. The number of hydrogen-bond acceptors (Lipinski definition) is 12. The van der Waals surface area contributed by atoms with Gasteiger partial charge in [0.25, 0.3) is 11.8 Å². The lowest BCUT2D eigenvalue weighted by atomic mass is 9.86. The first kappa shape index (κ1) is 39.4. The van der Waals surface area contributed by atoms with Crippen molar-refractivity contribution in [2.24, 2.45) is 16.8 Å². The number of nitriles is 1. The number of carbonyl (C=O) groups is 5. The van der Waals surface area contributed by atoms with Crippen molar-refractivity contribution >= 4 is 52.7 Å². The van der Waals surface area contributed by atoms with E-state index in [9.17, 15) is 24.0 Å². The fourth-order valence-corrected chi connectivity index (χ4v) is 9.20. The topological polar surface area (TPSA) is 171 Å². The van der Waals surface area contributed by atoms with Gasteiger partial charge in [-0.15, -0.1) is 0 Å². The number of nitrogens with zero attached hydrogens (tertiary/aromatic N) is 7. The average Bonchev–Trinajstić information content (AvgIpc) is 3.47. The Morgan fingerprint density at radius 2 is 1.66 bits per heavy atom. The molecule has 5 heterocycles. The summed E-state index contributed by atoms with van der Waals surface area (Å²) in [7, 11) is 1.98. The number of piperazine rings is 1. The fourth-order valence-electron chi connectivity index (χ4n) is 8.99. The fraction of sp³-hybridized carbons (Fsp3) is 0.500. The average molecular weight is 810 g/mol. The predicted octanol–water partition coefficient (Wildman–Crippen LogP) is 3.34. The zero-order valence-electron chi connectivity index (χ0n) is 32.6. The molecule has 4 fully saturated rings. The molecule has 15 nitrogen and oxygen atoms in total. The van der Waals surface area contributed by atoms with E-state index in [0.29, 0.717) is 45.7 Å². The molecule has 0 bridgehead atoms. The van der Waals surface area contributed by atoms with Crippen molar-refractivity contribution in [2.75, 3.05) is 64.3 Å². The van der Waals surface area contributed by atoms with Gasteiger partial charge in [0.05, 0.1) is 40.6 Å². The molecule has 1 unspecified atom stereocenters. The number of ether oxygens (including phenoxy) is 1. The van der Waals surface area contributed by atoms with E-state index in [4.69, 9.17) is 26.6 Å². The number of carbonyl (C=O) groups excluding carboxylic acids is 5. The summed E-state index contributed by atoms with van der Waals surface area (Å²) in [6, 6.07) is 11.5. The maximum atomic E-state index is 13.3. The van der Waals surface area contributed by atoms with Gasteiger partial charge < -0.3 is 24.8 Å². The Kier molecular flexibility index (Phi) is 11.4. The molecule has 1 saturated carbocycles. The van der Waals surface area contributed by atoms with Gasteiger partial charge in [-0.25, -0.2) is 4.99 Å². The third kappa shape index (κ3) is 8.26. The van der Waals surface area contributed by atoms with Crippen LogP contribution >= 0.6 is 11.6 Å². The van der Waals surface area contributed by atoms with E-state index in [2.05, 4.69) is 36.3 Å². The lowest BCUT2D eigenvalue weighted by molar-refractivity contribution is -0.136. The number of fused-ring (bicyclic) bond motifs is 1. The smallest absolute Gasteiger partial charge is 0.262 e. The zero-order valence-corrected chi connectivity index (χ0v) is 33.4. The lowest BCUT2D eigenvalue weighted by Gasteiger charge is -2.41. The Morgan fingerprint density at radius 3 is 2.34 bits per heavy atom. The van der Waals surface area contributed by atoms with E-state index in [-0.39, 0.29) is 30.8 Å². The molecule has 0 radical (unpaired) electrons. The highest BCUT2D eigenvalue weighted by molar-refractivity contribution is 6.31. The highest BCUT2D eigenvalue weighted by atomic mass is 35.5. The van der Waals surface area contributed by atoms with Crippen LogP contribution in [0.4, 0.5) is 5.69 Å². The van der Waals surface area contributed by atoms with E-state index >= 15 is 0 Å².